The number of aromatic nitrogens is 12. The van der Waals surface area contributed by atoms with Crippen LogP contribution in [0.2, 0.25) is 0 Å². The number of imidazole rings is 2. The third kappa shape index (κ3) is 13.3. The number of hydrogen-bond donors (Lipinski definition) is 4. The maximum Gasteiger partial charge on any atom is 0.143 e. The van der Waals surface area contributed by atoms with E-state index in [1.807, 2.05) is 48.0 Å². The van der Waals surface area contributed by atoms with Crippen LogP contribution in [0.4, 0.5) is 0 Å². The highest BCUT2D eigenvalue weighted by Gasteiger charge is 2.23. The highest BCUT2D eigenvalue weighted by Crippen LogP contribution is 2.39. The zero-order valence-electron chi connectivity index (χ0n) is 53.5. The fourth-order valence-corrected chi connectivity index (χ4v) is 12.9. The van der Waals surface area contributed by atoms with Crippen LogP contribution in [0, 0.1) is 0 Å². The molecule has 0 atom stereocenters. The van der Waals surface area contributed by atoms with Gasteiger partial charge in [0.15, 0.2) is 0 Å². The molecule has 0 amide bonds. The lowest BCUT2D eigenvalue weighted by Gasteiger charge is -2.10. The molecular formula is C78H78N12O4. The van der Waals surface area contributed by atoms with E-state index >= 15 is 0 Å². The lowest BCUT2D eigenvalue weighted by atomic mass is 9.97. The Morgan fingerprint density at radius 3 is 0.926 bits per heavy atom. The SMILES string of the molecule is C=CCOCCCc1c2nc(c(-c3nccn3C)c3ccc([nH]3)c(CCCOCC=C)c3nc(c(-c4cccc(-c5c6nc(c(CCCOCC=C)c7ccc([nH]7)c(-c7nccn7C)c7nc(c(CCCOCC=C)c8ccc5[nH]8)C=C7)C=C6)c4)c4ccc1[nH]4)C=C3)C=C2. The Balaban J connectivity index is 1.06. The molecular weight excluding hydrogens is 1170 g/mol. The number of aromatic amines is 4. The van der Waals surface area contributed by atoms with E-state index in [1.54, 1.807) is 24.3 Å². The molecule has 16 bridgehead atoms. The van der Waals surface area contributed by atoms with E-state index in [0.29, 0.717) is 78.5 Å². The Bertz CT molecular complexity index is 4510. The number of hydrogen-bond acceptors (Lipinski definition) is 10. The largest absolute Gasteiger partial charge is 0.377 e. The zero-order chi connectivity index (χ0) is 64.3. The minimum absolute atomic E-state index is 0.481. The van der Waals surface area contributed by atoms with Crippen molar-refractivity contribution in [3.05, 3.63) is 216 Å². The van der Waals surface area contributed by atoms with E-state index < -0.39 is 0 Å². The van der Waals surface area contributed by atoms with Crippen LogP contribution in [-0.4, -0.2) is 112 Å². The molecule has 0 fully saturated rings. The summed E-state index contributed by atoms with van der Waals surface area (Å²) in [6.45, 7) is 19.7. The molecule has 4 aliphatic rings. The molecule has 4 aliphatic heterocycles. The predicted molar refractivity (Wildman–Crippen MR) is 384 cm³/mol. The van der Waals surface area contributed by atoms with E-state index in [-0.39, 0.29) is 0 Å². The second-order valence-corrected chi connectivity index (χ2v) is 23.6. The summed E-state index contributed by atoms with van der Waals surface area (Å²) in [6.07, 6.45) is 37.7. The second-order valence-electron chi connectivity index (χ2n) is 23.6. The molecule has 16 heteroatoms. The molecule has 16 nitrogen and oxygen atoms in total. The van der Waals surface area contributed by atoms with Crippen molar-refractivity contribution in [1.29, 1.82) is 0 Å². The summed E-state index contributed by atoms with van der Waals surface area (Å²) in [5.74, 6) is 1.60. The second kappa shape index (κ2) is 29.1. The van der Waals surface area contributed by atoms with Gasteiger partial charge in [-0.1, -0.05) is 42.5 Å². The fourth-order valence-electron chi connectivity index (χ4n) is 12.9. The van der Waals surface area contributed by atoms with Crippen molar-refractivity contribution in [2.45, 2.75) is 51.4 Å². The molecule has 0 radical (unpaired) electrons. The molecule has 8 aromatic heterocycles. The van der Waals surface area contributed by atoms with Gasteiger partial charge < -0.3 is 48.0 Å². The van der Waals surface area contributed by atoms with E-state index in [9.17, 15) is 0 Å². The molecule has 9 aromatic rings. The van der Waals surface area contributed by atoms with Gasteiger partial charge in [0.1, 0.15) is 11.6 Å². The summed E-state index contributed by atoms with van der Waals surface area (Å²) in [7, 11) is 4.03. The molecule has 474 valence electrons. The number of ether oxygens (including phenoxy) is 4. The average molecular weight is 1250 g/mol. The average Bonchev–Trinajstić information content (AvgIpc) is 1.61. The van der Waals surface area contributed by atoms with Gasteiger partial charge in [-0.2, -0.15) is 0 Å². The van der Waals surface area contributed by atoms with Gasteiger partial charge in [-0.05, 0) is 166 Å². The quantitative estimate of drug-likeness (QED) is 0.0271. The van der Waals surface area contributed by atoms with Crippen molar-refractivity contribution in [3.8, 4) is 45.0 Å². The lowest BCUT2D eigenvalue weighted by molar-refractivity contribution is 0.160. The summed E-state index contributed by atoms with van der Waals surface area (Å²) < 4.78 is 28.0. The summed E-state index contributed by atoms with van der Waals surface area (Å²) in [5, 5.41) is 0. The molecule has 0 unspecified atom stereocenters. The number of nitrogens with zero attached hydrogens (tertiary/aromatic N) is 8. The van der Waals surface area contributed by atoms with Gasteiger partial charge in [0.2, 0.25) is 0 Å². The maximum absolute atomic E-state index is 5.97. The van der Waals surface area contributed by atoms with Crippen LogP contribution in [0.1, 0.15) is 93.5 Å². The van der Waals surface area contributed by atoms with E-state index in [4.69, 9.17) is 48.9 Å². The molecule has 12 heterocycles. The van der Waals surface area contributed by atoms with Crippen LogP contribution < -0.4 is 0 Å². The minimum atomic E-state index is 0.481. The molecule has 0 aliphatic carbocycles. The lowest BCUT2D eigenvalue weighted by Crippen LogP contribution is -1.99. The van der Waals surface area contributed by atoms with Crippen LogP contribution >= 0.6 is 0 Å². The number of H-pyrrole nitrogens is 4. The third-order valence-electron chi connectivity index (χ3n) is 17.3. The Morgan fingerprint density at radius 2 is 0.638 bits per heavy atom. The van der Waals surface area contributed by atoms with E-state index in [0.717, 1.165) is 183 Å². The first-order valence-electron chi connectivity index (χ1n) is 32.4. The van der Waals surface area contributed by atoms with Gasteiger partial charge in [-0.25, -0.2) is 29.9 Å². The van der Waals surface area contributed by atoms with Crippen molar-refractivity contribution in [2.75, 3.05) is 52.9 Å². The van der Waals surface area contributed by atoms with Gasteiger partial charge in [0.25, 0.3) is 0 Å². The first-order chi connectivity index (χ1) is 46.3. The van der Waals surface area contributed by atoms with Crippen LogP contribution in [0.15, 0.2) is 148 Å². The zero-order valence-corrected chi connectivity index (χ0v) is 53.5. The van der Waals surface area contributed by atoms with E-state index in [2.05, 4.69) is 168 Å². The van der Waals surface area contributed by atoms with Crippen LogP contribution in [0.3, 0.4) is 0 Å². The molecule has 4 N–H and O–H groups in total. The first kappa shape index (κ1) is 62.4. The molecule has 0 saturated carbocycles. The van der Waals surface area contributed by atoms with Crippen molar-refractivity contribution in [3.63, 3.8) is 0 Å². The van der Waals surface area contributed by atoms with Crippen LogP contribution in [0.25, 0.3) is 138 Å². The number of rotatable bonds is 28. The minimum Gasteiger partial charge on any atom is -0.377 e. The molecule has 13 rings (SSSR count). The number of aryl methyl sites for hydroxylation is 6. The van der Waals surface area contributed by atoms with Gasteiger partial charge in [0.05, 0.1) is 94.1 Å². The van der Waals surface area contributed by atoms with Crippen molar-refractivity contribution < 1.29 is 18.9 Å². The standard InChI is InChI=1S/C78H78N12O4/c1-7-42-91-46-12-18-53-57-22-30-65(81-57)73(66-31-23-58(82-66)54(19-13-47-92-43-8-2)62-27-35-70(86-62)75(69-34-26-61(53)85-69)77-79-38-40-89(77)5)51-16-11-17-52(50-51)74-67-32-24-59(83-67)55(20-14-48-93-44-9-3)63-28-36-71(87-63)76(78-80-39-41-90(78)6)72-37-29-64(88-72)56(21-15-49-94-45-10-4)60-25-33-68(74)84-60/h7-11,16-17,22-41,50,81,83,86,88H,1-4,12-15,18-21,42-49H2,5-6H3. The van der Waals surface area contributed by atoms with Crippen molar-refractivity contribution in [1.82, 2.24) is 59.0 Å². The predicted octanol–water partition coefficient (Wildman–Crippen LogP) is 16.3. The van der Waals surface area contributed by atoms with Gasteiger partial charge in [0, 0.05) is 132 Å². The fraction of sp³-hybridized carbons (Fsp3) is 0.231. The highest BCUT2D eigenvalue weighted by molar-refractivity contribution is 5.98. The maximum atomic E-state index is 5.97. The number of benzene rings is 1. The summed E-state index contributed by atoms with van der Waals surface area (Å²) in [6, 6.07) is 26.1. The van der Waals surface area contributed by atoms with Gasteiger partial charge in [-0.3, -0.25) is 0 Å². The van der Waals surface area contributed by atoms with Crippen LogP contribution in [-0.2, 0) is 58.7 Å². The highest BCUT2D eigenvalue weighted by atomic mass is 16.5. The van der Waals surface area contributed by atoms with E-state index in [1.165, 1.54) is 0 Å². The molecule has 0 spiro atoms. The Labute approximate surface area is 547 Å². The Hall–Kier alpha value is -10.4. The van der Waals surface area contributed by atoms with Crippen LogP contribution in [0.5, 0.6) is 0 Å². The smallest absolute Gasteiger partial charge is 0.143 e. The monoisotopic (exact) mass is 1250 g/mol. The Morgan fingerprint density at radius 1 is 0.362 bits per heavy atom. The summed E-state index contributed by atoms with van der Waals surface area (Å²) >= 11 is 0. The van der Waals surface area contributed by atoms with Crippen molar-refractivity contribution >= 4 is 92.7 Å². The number of fused-ring (bicyclic) bond motifs is 16. The van der Waals surface area contributed by atoms with Gasteiger partial charge in [-0.15, -0.1) is 26.3 Å². The molecule has 0 saturated heterocycles. The van der Waals surface area contributed by atoms with Crippen molar-refractivity contribution in [2.24, 2.45) is 14.1 Å². The first-order valence-corrected chi connectivity index (χ1v) is 32.4. The van der Waals surface area contributed by atoms with Gasteiger partial charge >= 0.3 is 0 Å². The molecule has 1 aromatic carbocycles. The molecule has 94 heavy (non-hydrogen) atoms. The number of nitrogens with one attached hydrogen (secondary N) is 4. The third-order valence-corrected chi connectivity index (χ3v) is 17.3. The topological polar surface area (TPSA) is 187 Å². The normalized spacial score (nSPS) is 12.4. The summed E-state index contributed by atoms with van der Waals surface area (Å²) in [4.78, 5) is 47.6. The Kier molecular flexibility index (Phi) is 19.3. The summed E-state index contributed by atoms with van der Waals surface area (Å²) in [5.41, 5.74) is 24.0.